The van der Waals surface area contributed by atoms with Crippen LogP contribution >= 0.6 is 0 Å². The molecule has 0 radical (unpaired) electrons. The van der Waals surface area contributed by atoms with Crippen molar-refractivity contribution < 1.29 is 34.6 Å². The Bertz CT molecular complexity index is 450. The number of unbranched alkanes of at least 4 members (excludes halogenated alkanes) is 12. The zero-order chi connectivity index (χ0) is 24.4. The Morgan fingerprint density at radius 2 is 1.39 bits per heavy atom. The van der Waals surface area contributed by atoms with Crippen molar-refractivity contribution in [3.63, 3.8) is 0 Å². The van der Waals surface area contributed by atoms with Crippen molar-refractivity contribution in [2.24, 2.45) is 0 Å². The molecule has 33 heavy (non-hydrogen) atoms. The SMILES string of the molecule is CCCCCCCCCCCCCCCC(CCOC1(CO)CC(O)C(O)C(CO)O1)OC. The first kappa shape index (κ1) is 30.8. The predicted molar refractivity (Wildman–Crippen MR) is 130 cm³/mol. The van der Waals surface area contributed by atoms with Crippen LogP contribution in [-0.4, -0.2) is 77.6 Å². The molecule has 0 amide bonds. The van der Waals surface area contributed by atoms with E-state index in [4.69, 9.17) is 14.2 Å². The average Bonchev–Trinajstić information content (AvgIpc) is 2.83. The first-order chi connectivity index (χ1) is 16.0. The zero-order valence-corrected chi connectivity index (χ0v) is 21.3. The van der Waals surface area contributed by atoms with Gasteiger partial charge in [0.25, 0.3) is 0 Å². The molecular weight excluding hydrogens is 424 g/mol. The van der Waals surface area contributed by atoms with Crippen molar-refractivity contribution in [1.29, 1.82) is 0 Å². The van der Waals surface area contributed by atoms with Crippen molar-refractivity contribution in [1.82, 2.24) is 0 Å². The molecule has 5 unspecified atom stereocenters. The maximum atomic E-state index is 10.0. The van der Waals surface area contributed by atoms with Gasteiger partial charge in [-0.25, -0.2) is 0 Å². The third-order valence-corrected chi connectivity index (χ3v) is 6.85. The Balaban J connectivity index is 2.09. The van der Waals surface area contributed by atoms with Crippen LogP contribution in [0.5, 0.6) is 0 Å². The molecule has 0 aromatic carbocycles. The molecule has 0 bridgehead atoms. The second kappa shape index (κ2) is 19.0. The number of hydrogen-bond donors (Lipinski definition) is 4. The van der Waals surface area contributed by atoms with Gasteiger partial charge in [0.15, 0.2) is 5.79 Å². The number of methoxy groups -OCH3 is 1. The van der Waals surface area contributed by atoms with Gasteiger partial charge in [-0.1, -0.05) is 90.4 Å². The molecule has 1 heterocycles. The second-order valence-electron chi connectivity index (χ2n) is 9.70. The van der Waals surface area contributed by atoms with Crippen molar-refractivity contribution in [2.75, 3.05) is 26.9 Å². The summed E-state index contributed by atoms with van der Waals surface area (Å²) in [7, 11) is 1.70. The van der Waals surface area contributed by atoms with E-state index in [1.54, 1.807) is 7.11 Å². The van der Waals surface area contributed by atoms with Crippen LogP contribution in [0.2, 0.25) is 0 Å². The first-order valence-electron chi connectivity index (χ1n) is 13.4. The zero-order valence-electron chi connectivity index (χ0n) is 21.3. The Morgan fingerprint density at radius 1 is 0.848 bits per heavy atom. The molecule has 0 aromatic rings. The molecule has 7 heteroatoms. The molecular formula is C26H52O7. The summed E-state index contributed by atoms with van der Waals surface area (Å²) >= 11 is 0. The average molecular weight is 477 g/mol. The Hall–Kier alpha value is -0.280. The molecule has 0 aliphatic carbocycles. The fraction of sp³-hybridized carbons (Fsp3) is 1.00. The van der Waals surface area contributed by atoms with Crippen molar-refractivity contribution in [3.8, 4) is 0 Å². The highest BCUT2D eigenvalue weighted by Crippen LogP contribution is 2.31. The molecule has 0 saturated carbocycles. The number of aliphatic hydroxyl groups excluding tert-OH is 4. The van der Waals surface area contributed by atoms with Gasteiger partial charge >= 0.3 is 0 Å². The molecule has 0 aromatic heterocycles. The molecule has 198 valence electrons. The van der Waals surface area contributed by atoms with Crippen LogP contribution in [0.3, 0.4) is 0 Å². The lowest BCUT2D eigenvalue weighted by molar-refractivity contribution is -0.334. The van der Waals surface area contributed by atoms with E-state index in [1.807, 2.05) is 0 Å². The lowest BCUT2D eigenvalue weighted by Crippen LogP contribution is -2.58. The van der Waals surface area contributed by atoms with Crippen LogP contribution in [0, 0.1) is 0 Å². The Kier molecular flexibility index (Phi) is 17.7. The topological polar surface area (TPSA) is 109 Å². The normalized spacial score (nSPS) is 26.5. The van der Waals surface area contributed by atoms with E-state index in [1.165, 1.54) is 77.0 Å². The van der Waals surface area contributed by atoms with Crippen LogP contribution < -0.4 is 0 Å². The number of hydrogen-bond acceptors (Lipinski definition) is 7. The summed E-state index contributed by atoms with van der Waals surface area (Å²) in [6.07, 6.45) is 15.7. The lowest BCUT2D eigenvalue weighted by atomic mass is 9.96. The van der Waals surface area contributed by atoms with Crippen LogP contribution in [0.15, 0.2) is 0 Å². The van der Waals surface area contributed by atoms with Crippen LogP contribution in [0.1, 0.15) is 110 Å². The predicted octanol–water partition coefficient (Wildman–Crippen LogP) is 4.08. The Morgan fingerprint density at radius 3 is 1.88 bits per heavy atom. The molecule has 4 N–H and O–H groups in total. The van der Waals surface area contributed by atoms with E-state index in [9.17, 15) is 20.4 Å². The highest BCUT2D eigenvalue weighted by molar-refractivity contribution is 4.89. The molecule has 1 aliphatic heterocycles. The van der Waals surface area contributed by atoms with Gasteiger partial charge in [0.05, 0.1) is 32.0 Å². The van der Waals surface area contributed by atoms with Crippen molar-refractivity contribution >= 4 is 0 Å². The Labute approximate surface area is 201 Å². The van der Waals surface area contributed by atoms with E-state index in [-0.39, 0.29) is 12.5 Å². The molecule has 7 nitrogen and oxygen atoms in total. The summed E-state index contributed by atoms with van der Waals surface area (Å²) < 4.78 is 16.9. The van der Waals surface area contributed by atoms with Gasteiger partial charge in [0.1, 0.15) is 12.2 Å². The smallest absolute Gasteiger partial charge is 0.194 e. The summed E-state index contributed by atoms with van der Waals surface area (Å²) in [5.41, 5.74) is 0. The molecule has 1 aliphatic rings. The van der Waals surface area contributed by atoms with E-state index in [0.29, 0.717) is 13.0 Å². The van der Waals surface area contributed by atoms with Gasteiger partial charge < -0.3 is 34.6 Å². The highest BCUT2D eigenvalue weighted by Gasteiger charge is 2.46. The molecule has 5 atom stereocenters. The van der Waals surface area contributed by atoms with Gasteiger partial charge in [-0.3, -0.25) is 0 Å². The second-order valence-corrected chi connectivity index (χ2v) is 9.70. The van der Waals surface area contributed by atoms with Gasteiger partial charge in [-0.15, -0.1) is 0 Å². The van der Waals surface area contributed by atoms with Gasteiger partial charge in [0, 0.05) is 13.5 Å². The third kappa shape index (κ3) is 12.8. The fourth-order valence-electron chi connectivity index (χ4n) is 4.61. The van der Waals surface area contributed by atoms with Crippen LogP contribution in [0.25, 0.3) is 0 Å². The summed E-state index contributed by atoms with van der Waals surface area (Å²) in [6, 6.07) is 0. The number of rotatable bonds is 21. The molecule has 1 saturated heterocycles. The minimum atomic E-state index is -1.40. The van der Waals surface area contributed by atoms with E-state index < -0.39 is 37.3 Å². The summed E-state index contributed by atoms with van der Waals surface area (Å²) in [6.45, 7) is 1.66. The van der Waals surface area contributed by atoms with E-state index >= 15 is 0 Å². The fourth-order valence-corrected chi connectivity index (χ4v) is 4.61. The molecule has 1 rings (SSSR count). The summed E-state index contributed by atoms with van der Waals surface area (Å²) in [5, 5.41) is 39.0. The minimum Gasteiger partial charge on any atom is -0.394 e. The molecule has 0 spiro atoms. The van der Waals surface area contributed by atoms with Crippen LogP contribution in [0.4, 0.5) is 0 Å². The third-order valence-electron chi connectivity index (χ3n) is 6.85. The maximum Gasteiger partial charge on any atom is 0.194 e. The highest BCUT2D eigenvalue weighted by atomic mass is 16.7. The summed E-state index contributed by atoms with van der Waals surface area (Å²) in [5.74, 6) is -1.40. The van der Waals surface area contributed by atoms with Crippen molar-refractivity contribution in [3.05, 3.63) is 0 Å². The van der Waals surface area contributed by atoms with E-state index in [2.05, 4.69) is 6.92 Å². The van der Waals surface area contributed by atoms with E-state index in [0.717, 1.165) is 12.8 Å². The number of ether oxygens (including phenoxy) is 3. The van der Waals surface area contributed by atoms with Crippen molar-refractivity contribution in [2.45, 2.75) is 140 Å². The van der Waals surface area contributed by atoms with Gasteiger partial charge in [0.2, 0.25) is 0 Å². The largest absolute Gasteiger partial charge is 0.394 e. The first-order valence-corrected chi connectivity index (χ1v) is 13.4. The monoisotopic (exact) mass is 476 g/mol. The lowest BCUT2D eigenvalue weighted by Gasteiger charge is -2.43. The quantitative estimate of drug-likeness (QED) is 0.185. The number of aliphatic hydroxyl groups is 4. The summed E-state index contributed by atoms with van der Waals surface area (Å²) in [4.78, 5) is 0. The standard InChI is InChI=1S/C26H52O7/c1-3-4-5-6-7-8-9-10-11-12-13-14-15-16-22(31-2)17-18-32-26(21-28)19-23(29)25(30)24(20-27)33-26/h22-25,27-30H,3-21H2,1-2H3. The minimum absolute atomic E-state index is 0.0440. The van der Waals surface area contributed by atoms with Gasteiger partial charge in [-0.05, 0) is 12.8 Å². The molecule has 1 fully saturated rings. The maximum absolute atomic E-state index is 10.0. The van der Waals surface area contributed by atoms with Gasteiger partial charge in [-0.2, -0.15) is 0 Å². The van der Waals surface area contributed by atoms with Crippen LogP contribution in [-0.2, 0) is 14.2 Å².